The number of aromatic nitrogens is 4. The smallest absolute Gasteiger partial charge is 0.238 e. The number of rotatable bonds is 5. The predicted molar refractivity (Wildman–Crippen MR) is 227 cm³/mol. The zero-order chi connectivity index (χ0) is 36.3. The van der Waals surface area contributed by atoms with Crippen molar-refractivity contribution in [3.63, 3.8) is 0 Å². The van der Waals surface area contributed by atoms with Gasteiger partial charge in [0, 0.05) is 42.9 Å². The Morgan fingerprint density at radius 2 is 1.07 bits per heavy atom. The molecule has 10 aromatic rings. The molecule has 0 unspecified atom stereocenters. The Morgan fingerprint density at radius 1 is 0.436 bits per heavy atom. The molecule has 5 nitrogen and oxygen atoms in total. The van der Waals surface area contributed by atoms with E-state index in [1.165, 1.54) is 31.6 Å². The van der Waals surface area contributed by atoms with Crippen molar-refractivity contribution in [2.45, 2.75) is 9.79 Å². The van der Waals surface area contributed by atoms with E-state index in [0.29, 0.717) is 17.6 Å². The Labute approximate surface area is 322 Å². The van der Waals surface area contributed by atoms with Gasteiger partial charge in [-0.05, 0) is 58.8 Å². The highest BCUT2D eigenvalue weighted by atomic mass is 32.2. The molecule has 0 saturated carbocycles. The average Bonchev–Trinajstić information content (AvgIpc) is 3.61. The van der Waals surface area contributed by atoms with Crippen LogP contribution in [0.3, 0.4) is 0 Å². The van der Waals surface area contributed by atoms with E-state index in [2.05, 4.69) is 161 Å². The lowest BCUT2D eigenvalue weighted by Gasteiger charge is -2.33. The van der Waals surface area contributed by atoms with Crippen molar-refractivity contribution in [3.05, 3.63) is 188 Å². The van der Waals surface area contributed by atoms with Crippen molar-refractivity contribution >= 4 is 61.4 Å². The van der Waals surface area contributed by atoms with Gasteiger partial charge in [-0.15, -0.1) is 0 Å². The van der Waals surface area contributed by atoms with Crippen LogP contribution >= 0.6 is 11.8 Å². The van der Waals surface area contributed by atoms with Crippen LogP contribution in [0.2, 0.25) is 0 Å². The summed E-state index contributed by atoms with van der Waals surface area (Å²) in [6.45, 7) is 0. The van der Waals surface area contributed by atoms with Gasteiger partial charge in [-0.1, -0.05) is 157 Å². The molecule has 11 rings (SSSR count). The lowest BCUT2D eigenvalue weighted by Crippen LogP contribution is -2.14. The summed E-state index contributed by atoms with van der Waals surface area (Å²) >= 11 is 1.82. The maximum absolute atomic E-state index is 5.26. The maximum Gasteiger partial charge on any atom is 0.238 e. The van der Waals surface area contributed by atoms with E-state index in [1.54, 1.807) is 0 Å². The first-order valence-electron chi connectivity index (χ1n) is 18.4. The van der Waals surface area contributed by atoms with E-state index in [9.17, 15) is 0 Å². The molecule has 0 spiro atoms. The van der Waals surface area contributed by atoms with Crippen LogP contribution in [0, 0.1) is 0 Å². The molecule has 0 fully saturated rings. The summed E-state index contributed by atoms with van der Waals surface area (Å²) in [4.78, 5) is 20.3. The monoisotopic (exact) mass is 721 g/mol. The molecule has 8 aromatic carbocycles. The zero-order valence-electron chi connectivity index (χ0n) is 29.5. The molecule has 0 atom stereocenters. The highest BCUT2D eigenvalue weighted by molar-refractivity contribution is 7.99. The van der Waals surface area contributed by atoms with Crippen LogP contribution in [0.5, 0.6) is 0 Å². The summed E-state index contributed by atoms with van der Waals surface area (Å²) in [7, 11) is 0. The molecular weight excluding hydrogens is 691 g/mol. The summed E-state index contributed by atoms with van der Waals surface area (Å²) in [5.41, 5.74) is 9.68. The molecule has 1 aliphatic rings. The Balaban J connectivity index is 1.20. The number of benzene rings is 8. The first-order chi connectivity index (χ1) is 27.3. The number of fused-ring (bicyclic) bond motifs is 7. The van der Waals surface area contributed by atoms with E-state index in [-0.39, 0.29) is 0 Å². The summed E-state index contributed by atoms with van der Waals surface area (Å²) in [6.07, 6.45) is 0. The second kappa shape index (κ2) is 12.8. The predicted octanol–water partition coefficient (Wildman–Crippen LogP) is 13.1. The lowest BCUT2D eigenvalue weighted by molar-refractivity contribution is 0.954. The van der Waals surface area contributed by atoms with Crippen LogP contribution in [0.4, 0.5) is 17.1 Å². The fraction of sp³-hybridized carbons (Fsp3) is 0. The number of para-hydroxylation sites is 3. The normalized spacial score (nSPS) is 12.3. The Morgan fingerprint density at radius 3 is 1.84 bits per heavy atom. The third-order valence-corrected chi connectivity index (χ3v) is 11.5. The summed E-state index contributed by atoms with van der Waals surface area (Å²) in [6, 6.07) is 66.2. The number of hydrogen-bond donors (Lipinski definition) is 0. The average molecular weight is 722 g/mol. The minimum atomic E-state index is 0.576. The van der Waals surface area contributed by atoms with Gasteiger partial charge in [-0.2, -0.15) is 9.97 Å². The summed E-state index contributed by atoms with van der Waals surface area (Å²) < 4.78 is 2.26. The fourth-order valence-corrected chi connectivity index (χ4v) is 9.05. The molecule has 1 aliphatic heterocycles. The maximum atomic E-state index is 5.26. The third kappa shape index (κ3) is 5.22. The number of nitrogens with zero attached hydrogens (tertiary/aromatic N) is 5. The van der Waals surface area contributed by atoms with E-state index in [0.717, 1.165) is 50.0 Å². The van der Waals surface area contributed by atoms with Crippen molar-refractivity contribution in [3.8, 4) is 39.9 Å². The molecule has 258 valence electrons. The molecule has 55 heavy (non-hydrogen) atoms. The Kier molecular flexibility index (Phi) is 7.35. The van der Waals surface area contributed by atoms with E-state index < -0.39 is 0 Å². The fourth-order valence-electron chi connectivity index (χ4n) is 7.95. The largest absolute Gasteiger partial charge is 0.308 e. The molecule has 0 bridgehead atoms. The number of hydrogen-bond acceptors (Lipinski definition) is 5. The van der Waals surface area contributed by atoms with Crippen LogP contribution in [-0.2, 0) is 0 Å². The topological polar surface area (TPSA) is 46.8 Å². The van der Waals surface area contributed by atoms with Gasteiger partial charge in [0.05, 0.1) is 22.4 Å². The van der Waals surface area contributed by atoms with Gasteiger partial charge in [0.2, 0.25) is 5.95 Å². The van der Waals surface area contributed by atoms with Gasteiger partial charge in [0.15, 0.2) is 11.6 Å². The first kappa shape index (κ1) is 31.5. The molecular formula is C49H31N5S. The quantitative estimate of drug-likeness (QED) is 0.177. The van der Waals surface area contributed by atoms with E-state index in [1.807, 2.05) is 48.2 Å². The second-order valence-electron chi connectivity index (χ2n) is 13.7. The standard InChI is InChI=1S/C49H31N5S/c1-4-16-33(17-5-1)47-50-48(34-18-6-2-7-19-34)52-49(51-47)54-42-30-27-32-15-10-11-22-37(32)45(42)39-24-14-23-38(46(39)54)35-28-29-41-44(31-35)55-43-26-13-12-25-40(43)53(41)36-20-8-3-9-21-36/h1-31H. The van der Waals surface area contributed by atoms with Crippen molar-refractivity contribution in [1.82, 2.24) is 19.5 Å². The van der Waals surface area contributed by atoms with Crippen LogP contribution in [0.15, 0.2) is 198 Å². The number of anilines is 3. The third-order valence-electron chi connectivity index (χ3n) is 10.4. The second-order valence-corrected chi connectivity index (χ2v) is 14.7. The van der Waals surface area contributed by atoms with Crippen LogP contribution in [0.1, 0.15) is 0 Å². The molecule has 2 aromatic heterocycles. The van der Waals surface area contributed by atoms with Crippen molar-refractivity contribution in [2.24, 2.45) is 0 Å². The Bertz CT molecular complexity index is 3010. The minimum Gasteiger partial charge on any atom is -0.308 e. The van der Waals surface area contributed by atoms with Gasteiger partial charge >= 0.3 is 0 Å². The Hall–Kier alpha value is -7.02. The lowest BCUT2D eigenvalue weighted by atomic mass is 9.99. The van der Waals surface area contributed by atoms with Crippen LogP contribution < -0.4 is 4.90 Å². The van der Waals surface area contributed by atoms with Gasteiger partial charge in [-0.3, -0.25) is 4.57 Å². The van der Waals surface area contributed by atoms with Crippen LogP contribution in [-0.4, -0.2) is 19.5 Å². The first-order valence-corrected chi connectivity index (χ1v) is 19.2. The molecule has 0 radical (unpaired) electrons. The molecule has 3 heterocycles. The van der Waals surface area contributed by atoms with Gasteiger partial charge in [0.25, 0.3) is 0 Å². The van der Waals surface area contributed by atoms with E-state index >= 15 is 0 Å². The van der Waals surface area contributed by atoms with Gasteiger partial charge < -0.3 is 4.90 Å². The highest BCUT2D eigenvalue weighted by Crippen LogP contribution is 2.52. The molecule has 0 aliphatic carbocycles. The van der Waals surface area contributed by atoms with Gasteiger partial charge in [-0.25, -0.2) is 4.98 Å². The van der Waals surface area contributed by atoms with E-state index in [4.69, 9.17) is 15.0 Å². The molecule has 6 heteroatoms. The van der Waals surface area contributed by atoms with Gasteiger partial charge in [0.1, 0.15) is 0 Å². The highest BCUT2D eigenvalue weighted by Gasteiger charge is 2.27. The zero-order valence-corrected chi connectivity index (χ0v) is 30.4. The molecule has 0 amide bonds. The van der Waals surface area contributed by atoms with Crippen molar-refractivity contribution < 1.29 is 0 Å². The van der Waals surface area contributed by atoms with Crippen molar-refractivity contribution in [2.75, 3.05) is 4.90 Å². The van der Waals surface area contributed by atoms with Crippen LogP contribution in [0.25, 0.3) is 72.4 Å². The van der Waals surface area contributed by atoms with Crippen molar-refractivity contribution in [1.29, 1.82) is 0 Å². The summed E-state index contributed by atoms with van der Waals surface area (Å²) in [5, 5.41) is 4.70. The SMILES string of the molecule is c1ccc(-c2nc(-c3ccccc3)nc(-n3c4ccc5ccccc5c4c4cccc(-c5ccc6c(c5)Sc5ccccc5N6c5ccccc5)c43)n2)cc1. The summed E-state index contributed by atoms with van der Waals surface area (Å²) in [5.74, 6) is 1.83. The minimum absolute atomic E-state index is 0.576. The molecule has 0 saturated heterocycles. The molecule has 0 N–H and O–H groups in total.